The monoisotopic (exact) mass is 611 g/mol. The van der Waals surface area contributed by atoms with Gasteiger partial charge in [-0.25, -0.2) is 8.42 Å². The van der Waals surface area contributed by atoms with Crippen molar-refractivity contribution in [3.8, 4) is 0 Å². The summed E-state index contributed by atoms with van der Waals surface area (Å²) in [6, 6.07) is 7.05. The number of anilines is 1. The molecule has 2 saturated heterocycles. The molecular formula is C30H53N5O4S2. The summed E-state index contributed by atoms with van der Waals surface area (Å²) in [6.07, 6.45) is 10.8. The SMILES string of the molecule is C[C@H]1CN(S(=O)(=O)c2ccc(N(C)C)cc2)CCCN(CC2CCCCC2)CCCN(S(=O)(=O)N2CCCCC2)C1. The van der Waals surface area contributed by atoms with Crippen LogP contribution in [0.4, 0.5) is 5.69 Å². The number of sulfonamides is 1. The topological polar surface area (TPSA) is 84.5 Å². The van der Waals surface area contributed by atoms with Gasteiger partial charge in [0, 0.05) is 65.6 Å². The predicted molar refractivity (Wildman–Crippen MR) is 167 cm³/mol. The van der Waals surface area contributed by atoms with Gasteiger partial charge in [-0.05, 0) is 87.7 Å². The van der Waals surface area contributed by atoms with Crippen LogP contribution in [0.25, 0.3) is 0 Å². The zero-order chi connectivity index (χ0) is 29.5. The number of hydrogen-bond acceptors (Lipinski definition) is 6. The van der Waals surface area contributed by atoms with Crippen molar-refractivity contribution in [3.63, 3.8) is 0 Å². The third-order valence-corrected chi connectivity index (χ3v) is 12.9. The standard InChI is InChI=1S/C30H53N5O4S2/c1-27-24-34(40(36,37)30-16-14-29(15-17-30)31(2)3)22-10-18-32(26-28-12-6-4-7-13-28)19-11-23-35(25-27)41(38,39)33-20-8-5-9-21-33/h14-17,27-28H,4-13,18-26H2,1-3H3/t27-/m0/s1. The van der Waals surface area contributed by atoms with Gasteiger partial charge in [0.15, 0.2) is 0 Å². The molecule has 1 aromatic rings. The quantitative estimate of drug-likeness (QED) is 0.462. The van der Waals surface area contributed by atoms with E-state index >= 15 is 0 Å². The summed E-state index contributed by atoms with van der Waals surface area (Å²) in [7, 11) is -3.45. The molecule has 4 rings (SSSR count). The van der Waals surface area contributed by atoms with Crippen LogP contribution in [0.1, 0.15) is 71.1 Å². The normalized spacial score (nSPS) is 24.9. The molecule has 11 heteroatoms. The number of rotatable bonds is 7. The Morgan fingerprint density at radius 2 is 1.22 bits per heavy atom. The molecule has 2 heterocycles. The van der Waals surface area contributed by atoms with E-state index in [1.165, 1.54) is 32.1 Å². The third kappa shape index (κ3) is 8.89. The minimum absolute atomic E-state index is 0.136. The van der Waals surface area contributed by atoms with E-state index in [9.17, 15) is 16.8 Å². The summed E-state index contributed by atoms with van der Waals surface area (Å²) < 4.78 is 60.3. The Morgan fingerprint density at radius 3 is 1.83 bits per heavy atom. The Bertz CT molecular complexity index is 1150. The summed E-state index contributed by atoms with van der Waals surface area (Å²) in [5.41, 5.74) is 0.947. The molecule has 41 heavy (non-hydrogen) atoms. The van der Waals surface area contributed by atoms with Crippen LogP contribution in [0.5, 0.6) is 0 Å². The van der Waals surface area contributed by atoms with E-state index in [4.69, 9.17) is 0 Å². The van der Waals surface area contributed by atoms with Gasteiger partial charge >= 0.3 is 0 Å². The Hall–Kier alpha value is -1.24. The molecule has 1 atom stereocenters. The maximum atomic E-state index is 13.9. The summed E-state index contributed by atoms with van der Waals surface area (Å²) >= 11 is 0. The maximum absolute atomic E-state index is 13.9. The molecule has 0 radical (unpaired) electrons. The average Bonchev–Trinajstić information content (AvgIpc) is 2.96. The molecule has 3 fully saturated rings. The van der Waals surface area contributed by atoms with E-state index in [0.717, 1.165) is 57.4 Å². The van der Waals surface area contributed by atoms with Gasteiger partial charge in [0.1, 0.15) is 0 Å². The fourth-order valence-electron chi connectivity index (χ4n) is 6.66. The molecule has 3 aliphatic rings. The first-order valence-corrected chi connectivity index (χ1v) is 18.7. The van der Waals surface area contributed by atoms with Gasteiger partial charge in [0.25, 0.3) is 10.2 Å². The minimum atomic E-state index is -3.73. The Balaban J connectivity index is 1.56. The molecule has 0 aromatic heterocycles. The summed E-state index contributed by atoms with van der Waals surface area (Å²) in [5.74, 6) is 0.545. The lowest BCUT2D eigenvalue weighted by molar-refractivity contribution is 0.179. The summed E-state index contributed by atoms with van der Waals surface area (Å²) in [6.45, 7) is 7.36. The smallest absolute Gasteiger partial charge is 0.281 e. The summed E-state index contributed by atoms with van der Waals surface area (Å²) in [5, 5.41) is 0. The number of piperidine rings is 1. The highest BCUT2D eigenvalue weighted by Gasteiger charge is 2.34. The minimum Gasteiger partial charge on any atom is -0.378 e. The molecule has 0 spiro atoms. The average molecular weight is 612 g/mol. The van der Waals surface area contributed by atoms with E-state index in [0.29, 0.717) is 50.1 Å². The number of hydrogen-bond donors (Lipinski definition) is 0. The molecule has 2 aliphatic heterocycles. The van der Waals surface area contributed by atoms with Crippen molar-refractivity contribution >= 4 is 25.9 Å². The molecule has 1 aromatic carbocycles. The van der Waals surface area contributed by atoms with Crippen molar-refractivity contribution in [2.24, 2.45) is 11.8 Å². The second-order valence-electron chi connectivity index (χ2n) is 12.7. The van der Waals surface area contributed by atoms with E-state index < -0.39 is 20.2 Å². The van der Waals surface area contributed by atoms with Gasteiger partial charge in [0.2, 0.25) is 10.0 Å². The first kappa shape index (κ1) is 32.7. The van der Waals surface area contributed by atoms with E-state index in [1.54, 1.807) is 25.0 Å². The van der Waals surface area contributed by atoms with Crippen molar-refractivity contribution in [1.29, 1.82) is 0 Å². The third-order valence-electron chi connectivity index (χ3n) is 8.99. The number of nitrogens with zero attached hydrogens (tertiary/aromatic N) is 5. The van der Waals surface area contributed by atoms with Crippen molar-refractivity contribution < 1.29 is 16.8 Å². The lowest BCUT2D eigenvalue weighted by Gasteiger charge is -2.36. The van der Waals surface area contributed by atoms with E-state index in [-0.39, 0.29) is 5.92 Å². The van der Waals surface area contributed by atoms with Crippen LogP contribution >= 0.6 is 0 Å². The highest BCUT2D eigenvalue weighted by atomic mass is 32.2. The van der Waals surface area contributed by atoms with Crippen molar-refractivity contribution in [2.45, 2.75) is 76.0 Å². The van der Waals surface area contributed by atoms with Crippen LogP contribution in [0, 0.1) is 11.8 Å². The zero-order valence-electron chi connectivity index (χ0n) is 25.6. The van der Waals surface area contributed by atoms with Gasteiger partial charge in [0.05, 0.1) is 4.90 Å². The molecule has 1 saturated carbocycles. The Morgan fingerprint density at radius 1 is 0.683 bits per heavy atom. The second-order valence-corrected chi connectivity index (χ2v) is 16.6. The summed E-state index contributed by atoms with van der Waals surface area (Å²) in [4.78, 5) is 4.72. The van der Waals surface area contributed by atoms with Gasteiger partial charge in [-0.3, -0.25) is 0 Å². The fraction of sp³-hybridized carbons (Fsp3) is 0.800. The van der Waals surface area contributed by atoms with E-state index in [1.807, 2.05) is 38.1 Å². The van der Waals surface area contributed by atoms with Crippen LogP contribution in [0.2, 0.25) is 0 Å². The largest absolute Gasteiger partial charge is 0.378 e. The van der Waals surface area contributed by atoms with E-state index in [2.05, 4.69) is 4.90 Å². The molecule has 9 nitrogen and oxygen atoms in total. The predicted octanol–water partition coefficient (Wildman–Crippen LogP) is 4.09. The molecule has 234 valence electrons. The molecule has 1 aliphatic carbocycles. The first-order valence-electron chi connectivity index (χ1n) is 15.8. The van der Waals surface area contributed by atoms with Crippen LogP contribution in [0.3, 0.4) is 0 Å². The van der Waals surface area contributed by atoms with Crippen molar-refractivity contribution in [1.82, 2.24) is 17.8 Å². The van der Waals surface area contributed by atoms with Gasteiger partial charge in [-0.15, -0.1) is 0 Å². The number of benzene rings is 1. The zero-order valence-corrected chi connectivity index (χ0v) is 27.2. The van der Waals surface area contributed by atoms with Gasteiger partial charge < -0.3 is 9.80 Å². The van der Waals surface area contributed by atoms with Crippen LogP contribution < -0.4 is 4.90 Å². The Labute approximate surface area is 250 Å². The molecular weight excluding hydrogens is 558 g/mol. The van der Waals surface area contributed by atoms with Crippen molar-refractivity contribution in [3.05, 3.63) is 24.3 Å². The highest BCUT2D eigenvalue weighted by molar-refractivity contribution is 7.89. The first-order chi connectivity index (χ1) is 19.6. The van der Waals surface area contributed by atoms with Crippen LogP contribution in [-0.2, 0) is 20.2 Å². The van der Waals surface area contributed by atoms with Crippen LogP contribution in [-0.4, -0.2) is 108 Å². The van der Waals surface area contributed by atoms with Gasteiger partial charge in [-0.1, -0.05) is 32.6 Å². The van der Waals surface area contributed by atoms with Gasteiger partial charge in [-0.2, -0.15) is 21.3 Å². The maximum Gasteiger partial charge on any atom is 0.281 e. The molecule has 0 N–H and O–H groups in total. The van der Waals surface area contributed by atoms with Crippen LogP contribution in [0.15, 0.2) is 29.2 Å². The lowest BCUT2D eigenvalue weighted by Crippen LogP contribution is -2.49. The fourth-order valence-corrected chi connectivity index (χ4v) is 10.1. The second kappa shape index (κ2) is 15.0. The molecule has 0 unspecified atom stereocenters. The highest BCUT2D eigenvalue weighted by Crippen LogP contribution is 2.26. The molecule has 0 bridgehead atoms. The Kier molecular flexibility index (Phi) is 11.9. The van der Waals surface area contributed by atoms with Crippen molar-refractivity contribution in [2.75, 3.05) is 77.9 Å². The molecule has 0 amide bonds. The lowest BCUT2D eigenvalue weighted by atomic mass is 9.89.